The van der Waals surface area contributed by atoms with E-state index in [1.807, 2.05) is 17.0 Å². The van der Waals surface area contributed by atoms with Crippen molar-refractivity contribution in [2.24, 2.45) is 0 Å². The molecule has 0 atom stereocenters. The maximum Gasteiger partial charge on any atom is 0.222 e. The van der Waals surface area contributed by atoms with Crippen LogP contribution in [-0.4, -0.2) is 42.9 Å². The third kappa shape index (κ3) is 4.98. The number of likely N-dealkylation sites (tertiary alicyclic amines) is 1. The minimum absolute atomic E-state index is 0.0605. The molecular weight excluding hydrogens is 394 g/mol. The second-order valence-corrected chi connectivity index (χ2v) is 8.92. The van der Waals surface area contributed by atoms with Crippen molar-refractivity contribution in [3.63, 3.8) is 0 Å². The summed E-state index contributed by atoms with van der Waals surface area (Å²) in [5.74, 6) is 0.324. The summed E-state index contributed by atoms with van der Waals surface area (Å²) in [7, 11) is 0. The number of nitrogens with one attached hydrogen (secondary N) is 1. The molecule has 30 heavy (non-hydrogen) atoms. The first-order valence-electron chi connectivity index (χ1n) is 10.9. The van der Waals surface area contributed by atoms with Gasteiger partial charge in [0, 0.05) is 48.8 Å². The molecule has 0 aromatic heterocycles. The van der Waals surface area contributed by atoms with E-state index in [0.717, 1.165) is 50.1 Å². The average molecular weight is 424 g/mol. The van der Waals surface area contributed by atoms with Crippen molar-refractivity contribution in [1.29, 1.82) is 0 Å². The Kier molecular flexibility index (Phi) is 6.95. The van der Waals surface area contributed by atoms with Crippen LogP contribution in [0.1, 0.15) is 38.5 Å². The van der Waals surface area contributed by atoms with E-state index in [1.165, 1.54) is 9.79 Å². The monoisotopic (exact) mass is 423 g/mol. The van der Waals surface area contributed by atoms with Gasteiger partial charge in [0.15, 0.2) is 0 Å². The van der Waals surface area contributed by atoms with Gasteiger partial charge in [-0.05, 0) is 43.5 Å². The van der Waals surface area contributed by atoms with Gasteiger partial charge in [0.2, 0.25) is 11.8 Å². The van der Waals surface area contributed by atoms with Crippen molar-refractivity contribution in [2.75, 3.05) is 31.1 Å². The third-order valence-electron chi connectivity index (χ3n) is 5.69. The van der Waals surface area contributed by atoms with Gasteiger partial charge in [-0.25, -0.2) is 0 Å². The van der Waals surface area contributed by atoms with Crippen LogP contribution < -0.4 is 10.2 Å². The normalized spacial score (nSPS) is 15.9. The van der Waals surface area contributed by atoms with E-state index in [-0.39, 0.29) is 11.8 Å². The Morgan fingerprint density at radius 2 is 1.63 bits per heavy atom. The summed E-state index contributed by atoms with van der Waals surface area (Å²) in [4.78, 5) is 31.2. The lowest BCUT2D eigenvalue weighted by Crippen LogP contribution is -2.34. The molecule has 2 aliphatic heterocycles. The maximum atomic E-state index is 12.5. The van der Waals surface area contributed by atoms with Crippen LogP contribution >= 0.6 is 11.8 Å². The molecule has 2 amide bonds. The standard InChI is InChI=1S/C24H29N3O2S/c28-23(25-15-8-17-26-16-7-1-2-13-24(26)29)14-18-27-19-9-3-5-11-21(19)30-22-12-6-4-10-20(22)27/h3-6,9-12H,1-2,7-8,13-18H2,(H,25,28). The minimum Gasteiger partial charge on any atom is -0.356 e. The van der Waals surface area contributed by atoms with E-state index in [9.17, 15) is 9.59 Å². The van der Waals surface area contributed by atoms with Gasteiger partial charge in [-0.3, -0.25) is 9.59 Å². The summed E-state index contributed by atoms with van der Waals surface area (Å²) in [6, 6.07) is 16.7. The van der Waals surface area contributed by atoms with Crippen molar-refractivity contribution in [2.45, 2.75) is 48.3 Å². The number of carbonyl (C=O) groups excluding carboxylic acids is 2. The highest BCUT2D eigenvalue weighted by atomic mass is 32.2. The number of nitrogens with zero attached hydrogens (tertiary/aromatic N) is 2. The van der Waals surface area contributed by atoms with Gasteiger partial charge in [-0.2, -0.15) is 0 Å². The van der Waals surface area contributed by atoms with E-state index in [2.05, 4.69) is 46.6 Å². The van der Waals surface area contributed by atoms with Crippen LogP contribution in [0.3, 0.4) is 0 Å². The molecule has 1 saturated heterocycles. The molecule has 2 aliphatic rings. The summed E-state index contributed by atoms with van der Waals surface area (Å²) < 4.78 is 0. The van der Waals surface area contributed by atoms with Crippen molar-refractivity contribution >= 4 is 35.0 Å². The van der Waals surface area contributed by atoms with Crippen LogP contribution in [0.5, 0.6) is 0 Å². The summed E-state index contributed by atoms with van der Waals surface area (Å²) in [5, 5.41) is 3.03. The van der Waals surface area contributed by atoms with Gasteiger partial charge in [0.1, 0.15) is 0 Å². The molecule has 0 radical (unpaired) electrons. The predicted octanol–water partition coefficient (Wildman–Crippen LogP) is 4.59. The molecule has 1 N–H and O–H groups in total. The predicted molar refractivity (Wildman–Crippen MR) is 121 cm³/mol. The third-order valence-corrected chi connectivity index (χ3v) is 6.82. The zero-order valence-corrected chi connectivity index (χ0v) is 18.1. The molecule has 0 unspecified atom stereocenters. The number of rotatable bonds is 7. The fourth-order valence-corrected chi connectivity index (χ4v) is 5.19. The second-order valence-electron chi connectivity index (χ2n) is 7.83. The summed E-state index contributed by atoms with van der Waals surface area (Å²) in [6.07, 6.45) is 5.16. The summed E-state index contributed by atoms with van der Waals surface area (Å²) in [6.45, 7) is 2.86. The molecule has 0 spiro atoms. The fourth-order valence-electron chi connectivity index (χ4n) is 4.10. The molecule has 0 aliphatic carbocycles. The van der Waals surface area contributed by atoms with Gasteiger partial charge in [-0.15, -0.1) is 0 Å². The molecule has 2 aromatic rings. The Morgan fingerprint density at radius 1 is 0.933 bits per heavy atom. The van der Waals surface area contributed by atoms with Gasteiger partial charge >= 0.3 is 0 Å². The smallest absolute Gasteiger partial charge is 0.222 e. The number of hydrogen-bond acceptors (Lipinski definition) is 4. The number of amides is 2. The minimum atomic E-state index is 0.0605. The Labute approximate surface area is 182 Å². The fraction of sp³-hybridized carbons (Fsp3) is 0.417. The number of fused-ring (bicyclic) bond motifs is 2. The van der Waals surface area contributed by atoms with Crippen LogP contribution in [0.2, 0.25) is 0 Å². The van der Waals surface area contributed by atoms with E-state index < -0.39 is 0 Å². The van der Waals surface area contributed by atoms with E-state index in [0.29, 0.717) is 25.9 Å². The topological polar surface area (TPSA) is 52.7 Å². The number of benzene rings is 2. The first kappa shape index (κ1) is 20.8. The van der Waals surface area contributed by atoms with Gasteiger partial charge in [-0.1, -0.05) is 42.4 Å². The number of anilines is 2. The second kappa shape index (κ2) is 10.0. The Hall–Kier alpha value is -2.47. The summed E-state index contributed by atoms with van der Waals surface area (Å²) in [5.41, 5.74) is 2.32. The van der Waals surface area contributed by atoms with E-state index >= 15 is 0 Å². The maximum absolute atomic E-state index is 12.5. The molecule has 2 aromatic carbocycles. The Balaban J connectivity index is 1.28. The zero-order chi connectivity index (χ0) is 20.8. The van der Waals surface area contributed by atoms with E-state index in [1.54, 1.807) is 11.8 Å². The lowest BCUT2D eigenvalue weighted by molar-refractivity contribution is -0.130. The molecule has 2 heterocycles. The lowest BCUT2D eigenvalue weighted by Gasteiger charge is -2.32. The Bertz CT molecular complexity index is 856. The van der Waals surface area contributed by atoms with Gasteiger partial charge in [0.05, 0.1) is 11.4 Å². The highest BCUT2D eigenvalue weighted by molar-refractivity contribution is 7.99. The first-order chi connectivity index (χ1) is 14.7. The molecule has 0 bridgehead atoms. The molecule has 0 saturated carbocycles. The van der Waals surface area contributed by atoms with Crippen LogP contribution in [0.15, 0.2) is 58.3 Å². The number of hydrogen-bond donors (Lipinski definition) is 1. The van der Waals surface area contributed by atoms with Crippen molar-refractivity contribution < 1.29 is 9.59 Å². The molecule has 5 nitrogen and oxygen atoms in total. The highest BCUT2D eigenvalue weighted by Crippen LogP contribution is 2.47. The van der Waals surface area contributed by atoms with Crippen LogP contribution in [0.25, 0.3) is 0 Å². The van der Waals surface area contributed by atoms with Gasteiger partial charge < -0.3 is 15.1 Å². The largest absolute Gasteiger partial charge is 0.356 e. The summed E-state index contributed by atoms with van der Waals surface area (Å²) >= 11 is 1.78. The first-order valence-corrected chi connectivity index (χ1v) is 11.7. The van der Waals surface area contributed by atoms with Crippen LogP contribution in [0.4, 0.5) is 11.4 Å². The number of carbonyl (C=O) groups is 2. The molecule has 158 valence electrons. The lowest BCUT2D eigenvalue weighted by atomic mass is 10.2. The molecular formula is C24H29N3O2S. The molecule has 4 rings (SSSR count). The SMILES string of the molecule is O=C(CCN1c2ccccc2Sc2ccccc21)NCCCN1CCCCCC1=O. The zero-order valence-electron chi connectivity index (χ0n) is 17.3. The molecule has 6 heteroatoms. The molecule has 1 fully saturated rings. The average Bonchev–Trinajstić information content (AvgIpc) is 2.98. The van der Waals surface area contributed by atoms with Crippen LogP contribution in [0, 0.1) is 0 Å². The van der Waals surface area contributed by atoms with Gasteiger partial charge in [0.25, 0.3) is 0 Å². The quantitative estimate of drug-likeness (QED) is 0.662. The van der Waals surface area contributed by atoms with Crippen molar-refractivity contribution in [1.82, 2.24) is 10.2 Å². The van der Waals surface area contributed by atoms with E-state index in [4.69, 9.17) is 0 Å². The van der Waals surface area contributed by atoms with Crippen molar-refractivity contribution in [3.05, 3.63) is 48.5 Å². The highest BCUT2D eigenvalue weighted by Gasteiger charge is 2.23. The van der Waals surface area contributed by atoms with Crippen LogP contribution in [-0.2, 0) is 9.59 Å². The van der Waals surface area contributed by atoms with Crippen molar-refractivity contribution in [3.8, 4) is 0 Å². The Morgan fingerprint density at radius 3 is 2.37 bits per heavy atom. The number of para-hydroxylation sites is 2.